The summed E-state index contributed by atoms with van der Waals surface area (Å²) in [4.78, 5) is 2.20. The van der Waals surface area contributed by atoms with Gasteiger partial charge in [0.25, 0.3) is 0 Å². The predicted molar refractivity (Wildman–Crippen MR) is 73.6 cm³/mol. The lowest BCUT2D eigenvalue weighted by Crippen LogP contribution is -2.28. The number of hydrogen-bond donors (Lipinski definition) is 1. The highest BCUT2D eigenvalue weighted by molar-refractivity contribution is 5.21. The summed E-state index contributed by atoms with van der Waals surface area (Å²) in [7, 11) is 0. The fourth-order valence-electron chi connectivity index (χ4n) is 2.85. The molecule has 2 atom stereocenters. The molecule has 5 heteroatoms. The summed E-state index contributed by atoms with van der Waals surface area (Å²) in [6, 6.07) is 8.62. The summed E-state index contributed by atoms with van der Waals surface area (Å²) in [5, 5.41) is 14.1. The molecule has 0 spiro atoms. The fourth-order valence-corrected chi connectivity index (χ4v) is 2.85. The zero-order valence-corrected chi connectivity index (χ0v) is 11.2. The molecular formula is C15H18FN3O. The molecule has 0 unspecified atom stereocenters. The monoisotopic (exact) mass is 275 g/mol. The molecule has 1 fully saturated rings. The minimum atomic E-state index is -0.346. The average molecular weight is 275 g/mol. The van der Waals surface area contributed by atoms with Gasteiger partial charge in [0.2, 0.25) is 0 Å². The van der Waals surface area contributed by atoms with Crippen LogP contribution in [-0.2, 0) is 6.54 Å². The summed E-state index contributed by atoms with van der Waals surface area (Å²) in [5.41, 5.74) is 0.932. The van der Waals surface area contributed by atoms with Gasteiger partial charge in [-0.15, -0.1) is 0 Å². The lowest BCUT2D eigenvalue weighted by molar-refractivity contribution is 0.172. The van der Waals surface area contributed by atoms with E-state index in [1.54, 1.807) is 18.3 Å². The molecule has 1 saturated heterocycles. The van der Waals surface area contributed by atoms with Crippen LogP contribution in [0.25, 0.3) is 0 Å². The first-order chi connectivity index (χ1) is 9.72. The van der Waals surface area contributed by atoms with Crippen molar-refractivity contribution in [1.29, 1.82) is 0 Å². The van der Waals surface area contributed by atoms with Crippen molar-refractivity contribution in [2.75, 3.05) is 13.1 Å². The Bertz CT molecular complexity index is 558. The number of aromatic nitrogens is 2. The van der Waals surface area contributed by atoms with Gasteiger partial charge in [0, 0.05) is 31.5 Å². The van der Waals surface area contributed by atoms with Gasteiger partial charge in [-0.05, 0) is 30.2 Å². The van der Waals surface area contributed by atoms with Gasteiger partial charge in [0.1, 0.15) is 5.82 Å². The Morgan fingerprint density at radius 2 is 2.20 bits per heavy atom. The van der Waals surface area contributed by atoms with Gasteiger partial charge in [-0.3, -0.25) is 9.58 Å². The molecule has 1 aliphatic rings. The van der Waals surface area contributed by atoms with Crippen LogP contribution in [0, 0.1) is 5.82 Å². The Kier molecular flexibility index (Phi) is 3.80. The van der Waals surface area contributed by atoms with Crippen LogP contribution in [-0.4, -0.2) is 39.0 Å². The van der Waals surface area contributed by atoms with Gasteiger partial charge in [-0.2, -0.15) is 5.10 Å². The van der Waals surface area contributed by atoms with Gasteiger partial charge >= 0.3 is 0 Å². The van der Waals surface area contributed by atoms with Crippen LogP contribution in [0.3, 0.4) is 0 Å². The second kappa shape index (κ2) is 5.73. The lowest BCUT2D eigenvalue weighted by atomic mass is 10.0. The molecule has 0 aliphatic carbocycles. The largest absolute Gasteiger partial charge is 0.392 e. The van der Waals surface area contributed by atoms with E-state index in [0.29, 0.717) is 13.0 Å². The Hall–Kier alpha value is -1.72. The number of nitrogens with zero attached hydrogens (tertiary/aromatic N) is 3. The van der Waals surface area contributed by atoms with Gasteiger partial charge < -0.3 is 5.11 Å². The van der Waals surface area contributed by atoms with E-state index in [1.165, 1.54) is 6.07 Å². The fraction of sp³-hybridized carbons (Fsp3) is 0.400. The molecule has 2 heterocycles. The molecule has 2 aromatic rings. The van der Waals surface area contributed by atoms with Crippen molar-refractivity contribution in [3.05, 3.63) is 54.1 Å². The molecule has 20 heavy (non-hydrogen) atoms. The molecule has 0 radical (unpaired) electrons. The average Bonchev–Trinajstić information content (AvgIpc) is 3.05. The molecule has 1 aromatic carbocycles. The molecule has 1 N–H and O–H groups in total. The predicted octanol–water partition coefficient (Wildman–Crippen LogP) is 1.83. The third-order valence-corrected chi connectivity index (χ3v) is 3.79. The number of halogens is 1. The molecule has 0 saturated carbocycles. The van der Waals surface area contributed by atoms with E-state index in [9.17, 15) is 9.50 Å². The first kappa shape index (κ1) is 13.3. The standard InChI is InChI=1S/C15H18FN3O/c16-13-4-1-3-12(9-13)15-10-14(20)11-18(15)7-8-19-6-2-5-17-19/h1-6,9,14-15,20H,7-8,10-11H2/t14-,15+/m1/s1. The minimum absolute atomic E-state index is 0.0799. The van der Waals surface area contributed by atoms with Crippen LogP contribution in [0.2, 0.25) is 0 Å². The van der Waals surface area contributed by atoms with Crippen molar-refractivity contribution in [2.24, 2.45) is 0 Å². The van der Waals surface area contributed by atoms with E-state index in [0.717, 1.165) is 18.7 Å². The van der Waals surface area contributed by atoms with Crippen molar-refractivity contribution in [1.82, 2.24) is 14.7 Å². The number of aliphatic hydroxyl groups excluding tert-OH is 1. The van der Waals surface area contributed by atoms with Crippen molar-refractivity contribution < 1.29 is 9.50 Å². The first-order valence-corrected chi connectivity index (χ1v) is 6.87. The summed E-state index contributed by atoms with van der Waals surface area (Å²) in [6.45, 7) is 2.19. The van der Waals surface area contributed by atoms with E-state index in [2.05, 4.69) is 10.00 Å². The third kappa shape index (κ3) is 2.89. The number of rotatable bonds is 4. The normalized spacial score (nSPS) is 23.3. The van der Waals surface area contributed by atoms with E-state index in [-0.39, 0.29) is 18.0 Å². The zero-order chi connectivity index (χ0) is 13.9. The Balaban J connectivity index is 1.71. The molecule has 0 amide bonds. The van der Waals surface area contributed by atoms with Gasteiger partial charge in [-0.1, -0.05) is 12.1 Å². The second-order valence-corrected chi connectivity index (χ2v) is 5.22. The second-order valence-electron chi connectivity index (χ2n) is 5.22. The number of benzene rings is 1. The number of hydrogen-bond acceptors (Lipinski definition) is 3. The van der Waals surface area contributed by atoms with Crippen LogP contribution >= 0.6 is 0 Å². The van der Waals surface area contributed by atoms with Gasteiger partial charge in [0.15, 0.2) is 0 Å². The van der Waals surface area contributed by atoms with E-state index in [1.807, 2.05) is 23.0 Å². The molecule has 1 aromatic heterocycles. The van der Waals surface area contributed by atoms with E-state index < -0.39 is 0 Å². The lowest BCUT2D eigenvalue weighted by Gasteiger charge is -2.24. The summed E-state index contributed by atoms with van der Waals surface area (Å²) in [5.74, 6) is -0.226. The van der Waals surface area contributed by atoms with E-state index in [4.69, 9.17) is 0 Å². The summed E-state index contributed by atoms with van der Waals surface area (Å²) in [6.07, 6.45) is 3.98. The van der Waals surface area contributed by atoms with Crippen LogP contribution in [0.5, 0.6) is 0 Å². The Labute approximate surface area is 117 Å². The topological polar surface area (TPSA) is 41.3 Å². The van der Waals surface area contributed by atoms with Crippen LogP contribution < -0.4 is 0 Å². The molecule has 4 nitrogen and oxygen atoms in total. The highest BCUT2D eigenvalue weighted by atomic mass is 19.1. The molecule has 1 aliphatic heterocycles. The summed E-state index contributed by atoms with van der Waals surface area (Å²) >= 11 is 0. The maximum atomic E-state index is 13.4. The molecule has 0 bridgehead atoms. The van der Waals surface area contributed by atoms with Crippen LogP contribution in [0.1, 0.15) is 18.0 Å². The summed E-state index contributed by atoms with van der Waals surface area (Å²) < 4.78 is 15.2. The Morgan fingerprint density at radius 1 is 1.30 bits per heavy atom. The van der Waals surface area contributed by atoms with Crippen LogP contribution in [0.15, 0.2) is 42.7 Å². The Morgan fingerprint density at radius 3 is 2.95 bits per heavy atom. The number of β-amino-alcohol motifs (C(OH)–C–C–N with tert-alkyl or cyclic N) is 1. The smallest absolute Gasteiger partial charge is 0.123 e. The van der Waals surface area contributed by atoms with Crippen molar-refractivity contribution >= 4 is 0 Å². The molecule has 3 rings (SSSR count). The van der Waals surface area contributed by atoms with Gasteiger partial charge in [0.05, 0.1) is 12.6 Å². The highest BCUT2D eigenvalue weighted by Gasteiger charge is 2.31. The maximum Gasteiger partial charge on any atom is 0.123 e. The number of likely N-dealkylation sites (tertiary alicyclic amines) is 1. The molecule has 106 valence electrons. The minimum Gasteiger partial charge on any atom is -0.392 e. The quantitative estimate of drug-likeness (QED) is 0.925. The highest BCUT2D eigenvalue weighted by Crippen LogP contribution is 2.32. The first-order valence-electron chi connectivity index (χ1n) is 6.87. The molecular weight excluding hydrogens is 257 g/mol. The van der Waals surface area contributed by atoms with Crippen LogP contribution in [0.4, 0.5) is 4.39 Å². The number of aliphatic hydroxyl groups is 1. The maximum absolute atomic E-state index is 13.4. The SMILES string of the molecule is O[C@@H]1C[C@@H](c2cccc(F)c2)N(CCn2cccn2)C1. The van der Waals surface area contributed by atoms with E-state index >= 15 is 0 Å². The van der Waals surface area contributed by atoms with Gasteiger partial charge in [-0.25, -0.2) is 4.39 Å². The van der Waals surface area contributed by atoms with Crippen molar-refractivity contribution in [2.45, 2.75) is 25.1 Å². The third-order valence-electron chi connectivity index (χ3n) is 3.79. The zero-order valence-electron chi connectivity index (χ0n) is 11.2. The van der Waals surface area contributed by atoms with Crippen molar-refractivity contribution in [3.8, 4) is 0 Å². The van der Waals surface area contributed by atoms with Crippen molar-refractivity contribution in [3.63, 3.8) is 0 Å².